The zero-order valence-corrected chi connectivity index (χ0v) is 11.8. The number of Topliss-reactive ketones (excluding diaryl/α,β-unsaturated/α-hetero) is 1. The van der Waals surface area contributed by atoms with Crippen molar-refractivity contribution in [2.45, 2.75) is 45.1 Å². The zero-order valence-electron chi connectivity index (χ0n) is 11.8. The highest BCUT2D eigenvalue weighted by Crippen LogP contribution is 2.35. The number of aryl methyl sites for hydroxylation is 1. The second kappa shape index (κ2) is 5.73. The van der Waals surface area contributed by atoms with Crippen molar-refractivity contribution >= 4 is 11.8 Å². The van der Waals surface area contributed by atoms with E-state index >= 15 is 0 Å². The number of carbonyl (C=O) groups is 2. The van der Waals surface area contributed by atoms with Gasteiger partial charge in [-0.25, -0.2) is 4.39 Å². The van der Waals surface area contributed by atoms with E-state index in [1.165, 1.54) is 6.07 Å². The lowest BCUT2D eigenvalue weighted by molar-refractivity contribution is -0.177. The average molecular weight is 278 g/mol. The molecule has 1 heterocycles. The predicted molar refractivity (Wildman–Crippen MR) is 72.6 cm³/mol. The number of benzene rings is 1. The maximum Gasteiger partial charge on any atom is 0.313 e. The van der Waals surface area contributed by atoms with Crippen LogP contribution in [0.3, 0.4) is 0 Å². The van der Waals surface area contributed by atoms with Crippen molar-refractivity contribution in [3.63, 3.8) is 0 Å². The number of ketones is 1. The SMILES string of the molecule is CC(C)C1(CCc2ccccc2F)CC(=O)CC(=O)O1. The Morgan fingerprint density at radius 2 is 2.00 bits per heavy atom. The molecule has 1 atom stereocenters. The molecule has 0 N–H and O–H groups in total. The van der Waals surface area contributed by atoms with Gasteiger partial charge in [-0.15, -0.1) is 0 Å². The molecule has 1 fully saturated rings. The van der Waals surface area contributed by atoms with Gasteiger partial charge < -0.3 is 4.74 Å². The van der Waals surface area contributed by atoms with Crippen LogP contribution in [0.2, 0.25) is 0 Å². The van der Waals surface area contributed by atoms with E-state index in [0.29, 0.717) is 18.4 Å². The number of halogens is 1. The van der Waals surface area contributed by atoms with Crippen molar-refractivity contribution in [2.75, 3.05) is 0 Å². The molecule has 0 radical (unpaired) electrons. The average Bonchev–Trinajstić information content (AvgIpc) is 2.36. The Morgan fingerprint density at radius 1 is 1.30 bits per heavy atom. The maximum atomic E-state index is 13.6. The summed E-state index contributed by atoms with van der Waals surface area (Å²) in [5.41, 5.74) is -0.212. The van der Waals surface area contributed by atoms with Gasteiger partial charge in [-0.2, -0.15) is 0 Å². The van der Waals surface area contributed by atoms with E-state index in [1.807, 2.05) is 13.8 Å². The van der Waals surface area contributed by atoms with Crippen molar-refractivity contribution in [1.29, 1.82) is 0 Å². The minimum Gasteiger partial charge on any atom is -0.458 e. The number of carbonyl (C=O) groups excluding carboxylic acids is 2. The summed E-state index contributed by atoms with van der Waals surface area (Å²) in [5.74, 6) is -0.811. The number of esters is 1. The highest BCUT2D eigenvalue weighted by Gasteiger charge is 2.43. The first-order valence-corrected chi connectivity index (χ1v) is 6.90. The molecule has 0 aliphatic carbocycles. The Hall–Kier alpha value is -1.71. The summed E-state index contributed by atoms with van der Waals surface area (Å²) >= 11 is 0. The third kappa shape index (κ3) is 3.06. The molecular formula is C16H19FO3. The van der Waals surface area contributed by atoms with Gasteiger partial charge in [0.1, 0.15) is 23.6 Å². The standard InChI is InChI=1S/C16H19FO3/c1-11(2)16(10-13(18)9-15(19)20-16)8-7-12-5-3-4-6-14(12)17/h3-6,11H,7-10H2,1-2H3. The van der Waals surface area contributed by atoms with E-state index in [9.17, 15) is 14.0 Å². The summed E-state index contributed by atoms with van der Waals surface area (Å²) in [5, 5.41) is 0. The van der Waals surface area contributed by atoms with E-state index in [4.69, 9.17) is 4.74 Å². The van der Waals surface area contributed by atoms with Crippen LogP contribution in [-0.2, 0) is 20.7 Å². The molecule has 0 bridgehead atoms. The van der Waals surface area contributed by atoms with Gasteiger partial charge in [0.25, 0.3) is 0 Å². The number of rotatable bonds is 4. The molecule has 0 amide bonds. The van der Waals surface area contributed by atoms with Crippen LogP contribution < -0.4 is 0 Å². The van der Waals surface area contributed by atoms with Crippen LogP contribution >= 0.6 is 0 Å². The van der Waals surface area contributed by atoms with Crippen molar-refractivity contribution in [2.24, 2.45) is 5.92 Å². The van der Waals surface area contributed by atoms with Gasteiger partial charge in [0.15, 0.2) is 0 Å². The van der Waals surface area contributed by atoms with E-state index in [-0.39, 0.29) is 30.4 Å². The summed E-state index contributed by atoms with van der Waals surface area (Å²) in [6, 6.07) is 6.55. The number of hydrogen-bond donors (Lipinski definition) is 0. The lowest BCUT2D eigenvalue weighted by Gasteiger charge is -2.39. The molecular weight excluding hydrogens is 259 g/mol. The van der Waals surface area contributed by atoms with Crippen molar-refractivity contribution < 1.29 is 18.7 Å². The first kappa shape index (κ1) is 14.7. The predicted octanol–water partition coefficient (Wildman–Crippen LogP) is 3.06. The molecule has 1 saturated heterocycles. The molecule has 0 aromatic heterocycles. The van der Waals surface area contributed by atoms with Gasteiger partial charge in [0, 0.05) is 6.42 Å². The van der Waals surface area contributed by atoms with Crippen molar-refractivity contribution in [3.8, 4) is 0 Å². The van der Waals surface area contributed by atoms with Crippen LogP contribution in [0.1, 0.15) is 38.7 Å². The smallest absolute Gasteiger partial charge is 0.313 e. The number of ether oxygens (including phenoxy) is 1. The quantitative estimate of drug-likeness (QED) is 0.628. The molecule has 2 rings (SSSR count). The fraction of sp³-hybridized carbons (Fsp3) is 0.500. The molecule has 1 unspecified atom stereocenters. The van der Waals surface area contributed by atoms with Crippen LogP contribution in [0, 0.1) is 11.7 Å². The van der Waals surface area contributed by atoms with Crippen LogP contribution in [0.25, 0.3) is 0 Å². The first-order chi connectivity index (χ1) is 9.43. The number of cyclic esters (lactones) is 1. The minimum absolute atomic E-state index is 0.0162. The van der Waals surface area contributed by atoms with Gasteiger partial charge >= 0.3 is 5.97 Å². The van der Waals surface area contributed by atoms with Crippen LogP contribution in [-0.4, -0.2) is 17.4 Å². The normalized spacial score (nSPS) is 23.0. The summed E-state index contributed by atoms with van der Waals surface area (Å²) in [4.78, 5) is 23.3. The van der Waals surface area contributed by atoms with Crippen molar-refractivity contribution in [3.05, 3.63) is 35.6 Å². The molecule has 20 heavy (non-hydrogen) atoms. The fourth-order valence-corrected chi connectivity index (χ4v) is 2.65. The Bertz CT molecular complexity index is 506. The maximum absolute atomic E-state index is 13.6. The van der Waals surface area contributed by atoms with E-state index in [1.54, 1.807) is 18.2 Å². The highest BCUT2D eigenvalue weighted by atomic mass is 19.1. The third-order valence-electron chi connectivity index (χ3n) is 3.98. The minimum atomic E-state index is -0.797. The van der Waals surface area contributed by atoms with Crippen LogP contribution in [0.4, 0.5) is 4.39 Å². The van der Waals surface area contributed by atoms with E-state index in [0.717, 1.165) is 0 Å². The third-order valence-corrected chi connectivity index (χ3v) is 3.98. The lowest BCUT2D eigenvalue weighted by atomic mass is 9.78. The monoisotopic (exact) mass is 278 g/mol. The largest absolute Gasteiger partial charge is 0.458 e. The second-order valence-corrected chi connectivity index (χ2v) is 5.68. The van der Waals surface area contributed by atoms with E-state index in [2.05, 4.69) is 0 Å². The summed E-state index contributed by atoms with van der Waals surface area (Å²) in [6.07, 6.45) is 0.994. The second-order valence-electron chi connectivity index (χ2n) is 5.68. The zero-order chi connectivity index (χ0) is 14.8. The lowest BCUT2D eigenvalue weighted by Crippen LogP contribution is -2.47. The molecule has 1 aromatic carbocycles. The molecule has 0 saturated carbocycles. The first-order valence-electron chi connectivity index (χ1n) is 6.90. The molecule has 1 aliphatic heterocycles. The molecule has 1 aromatic rings. The summed E-state index contributed by atoms with van der Waals surface area (Å²) in [6.45, 7) is 3.85. The Balaban J connectivity index is 2.16. The molecule has 3 nitrogen and oxygen atoms in total. The van der Waals surface area contributed by atoms with Gasteiger partial charge in [0.05, 0.1) is 0 Å². The van der Waals surface area contributed by atoms with Gasteiger partial charge in [-0.05, 0) is 30.4 Å². The Morgan fingerprint density at radius 3 is 2.60 bits per heavy atom. The summed E-state index contributed by atoms with van der Waals surface area (Å²) < 4.78 is 19.1. The topological polar surface area (TPSA) is 43.4 Å². The van der Waals surface area contributed by atoms with Crippen LogP contribution in [0.5, 0.6) is 0 Å². The fourth-order valence-electron chi connectivity index (χ4n) is 2.65. The molecule has 108 valence electrons. The molecule has 4 heteroatoms. The van der Waals surface area contributed by atoms with E-state index < -0.39 is 11.6 Å². The Kier molecular flexibility index (Phi) is 4.21. The number of hydrogen-bond acceptors (Lipinski definition) is 3. The van der Waals surface area contributed by atoms with Gasteiger partial charge in [-0.1, -0.05) is 32.0 Å². The summed E-state index contributed by atoms with van der Waals surface area (Å²) in [7, 11) is 0. The van der Waals surface area contributed by atoms with Crippen LogP contribution in [0.15, 0.2) is 24.3 Å². The Labute approximate surface area is 118 Å². The molecule has 0 spiro atoms. The van der Waals surface area contributed by atoms with Gasteiger partial charge in [0.2, 0.25) is 0 Å². The highest BCUT2D eigenvalue weighted by molar-refractivity contribution is 5.98. The molecule has 1 aliphatic rings. The van der Waals surface area contributed by atoms with Crippen molar-refractivity contribution in [1.82, 2.24) is 0 Å². The van der Waals surface area contributed by atoms with Gasteiger partial charge in [-0.3, -0.25) is 9.59 Å².